The Morgan fingerprint density at radius 2 is 2.25 bits per heavy atom. The van der Waals surface area contributed by atoms with Crippen LogP contribution in [0.1, 0.15) is 11.5 Å². The van der Waals surface area contributed by atoms with Crippen molar-refractivity contribution in [3.8, 4) is 11.5 Å². The summed E-state index contributed by atoms with van der Waals surface area (Å²) in [4.78, 5) is 25.7. The largest absolute Gasteiger partial charge is 0.497 e. The van der Waals surface area contributed by atoms with Crippen molar-refractivity contribution in [3.05, 3.63) is 23.8 Å². The number of likely N-dealkylation sites (N-methyl/N-ethyl adjacent to an activating group) is 1. The summed E-state index contributed by atoms with van der Waals surface area (Å²) >= 11 is 0. The molecule has 1 aromatic carbocycles. The number of carboxylic acid groups (broad SMARTS) is 1. The Morgan fingerprint density at radius 3 is 2.88 bits per heavy atom. The summed E-state index contributed by atoms with van der Waals surface area (Å²) < 4.78 is 10.9. The number of nitrogens with one attached hydrogen (secondary N) is 1. The number of halogens is 1. The Labute approximate surface area is 146 Å². The van der Waals surface area contributed by atoms with Gasteiger partial charge in [0.25, 0.3) is 0 Å². The van der Waals surface area contributed by atoms with Crippen LogP contribution in [0, 0.1) is 5.41 Å². The van der Waals surface area contributed by atoms with E-state index in [0.717, 1.165) is 5.56 Å². The van der Waals surface area contributed by atoms with Gasteiger partial charge in [-0.2, -0.15) is 0 Å². The molecule has 2 aliphatic heterocycles. The summed E-state index contributed by atoms with van der Waals surface area (Å²) in [5, 5.41) is 12.6. The van der Waals surface area contributed by atoms with Gasteiger partial charge in [0.2, 0.25) is 5.91 Å². The van der Waals surface area contributed by atoms with Gasteiger partial charge in [-0.05, 0) is 13.1 Å². The molecule has 2 aliphatic rings. The molecule has 3 rings (SSSR count). The molecule has 0 aromatic heterocycles. The first kappa shape index (κ1) is 18.4. The first-order valence-corrected chi connectivity index (χ1v) is 7.48. The van der Waals surface area contributed by atoms with Crippen LogP contribution in [0.15, 0.2) is 18.2 Å². The fourth-order valence-electron chi connectivity index (χ4n) is 3.45. The summed E-state index contributed by atoms with van der Waals surface area (Å²) in [6, 6.07) is 5.39. The van der Waals surface area contributed by atoms with Crippen LogP contribution in [-0.4, -0.2) is 62.3 Å². The van der Waals surface area contributed by atoms with Gasteiger partial charge in [0, 0.05) is 30.6 Å². The van der Waals surface area contributed by atoms with E-state index in [9.17, 15) is 14.7 Å². The number of nitrogens with zero attached hydrogens (tertiary/aromatic N) is 1. The fourth-order valence-corrected chi connectivity index (χ4v) is 3.45. The second-order valence-electron chi connectivity index (χ2n) is 6.01. The number of likely N-dealkylation sites (tertiary alicyclic amines) is 1. The third kappa shape index (κ3) is 2.78. The van der Waals surface area contributed by atoms with Gasteiger partial charge < -0.3 is 24.8 Å². The van der Waals surface area contributed by atoms with Crippen LogP contribution in [0.2, 0.25) is 0 Å². The molecular weight excluding hydrogens is 336 g/mol. The normalized spacial score (nSPS) is 24.2. The third-order valence-electron chi connectivity index (χ3n) is 4.73. The molecule has 0 aliphatic carbocycles. The Morgan fingerprint density at radius 1 is 1.50 bits per heavy atom. The van der Waals surface area contributed by atoms with Crippen LogP contribution in [0.25, 0.3) is 0 Å². The number of hydrogen-bond donors (Lipinski definition) is 2. The Bertz CT molecular complexity index is 653. The van der Waals surface area contributed by atoms with Crippen LogP contribution in [-0.2, 0) is 9.59 Å². The molecule has 1 aromatic rings. The highest BCUT2D eigenvalue weighted by atomic mass is 35.5. The molecule has 0 bridgehead atoms. The highest BCUT2D eigenvalue weighted by Crippen LogP contribution is 2.50. The summed E-state index contributed by atoms with van der Waals surface area (Å²) in [6.45, 7) is 0.795. The number of rotatable bonds is 4. The lowest BCUT2D eigenvalue weighted by Gasteiger charge is -2.35. The quantitative estimate of drug-likeness (QED) is 0.826. The lowest BCUT2D eigenvalue weighted by atomic mass is 9.73. The van der Waals surface area contributed by atoms with Crippen molar-refractivity contribution in [2.24, 2.45) is 5.41 Å². The number of fused-ring (bicyclic) bond motifs is 3. The lowest BCUT2D eigenvalue weighted by Crippen LogP contribution is -2.46. The topological polar surface area (TPSA) is 88.1 Å². The number of hydrogen-bond acceptors (Lipinski definition) is 5. The summed E-state index contributed by atoms with van der Waals surface area (Å²) in [5.74, 6) is -0.0152. The Kier molecular flexibility index (Phi) is 5.25. The Hall–Kier alpha value is -1.99. The van der Waals surface area contributed by atoms with Gasteiger partial charge in [0.1, 0.15) is 23.5 Å². The highest BCUT2D eigenvalue weighted by molar-refractivity contribution is 5.85. The molecule has 1 fully saturated rings. The van der Waals surface area contributed by atoms with Gasteiger partial charge >= 0.3 is 5.97 Å². The van der Waals surface area contributed by atoms with Crippen LogP contribution in [0.5, 0.6) is 11.5 Å². The third-order valence-corrected chi connectivity index (χ3v) is 4.73. The van der Waals surface area contributed by atoms with E-state index in [1.54, 1.807) is 31.2 Å². The molecule has 2 N–H and O–H groups in total. The molecule has 7 nitrogen and oxygen atoms in total. The van der Waals surface area contributed by atoms with Gasteiger partial charge in [-0.1, -0.05) is 6.07 Å². The van der Waals surface area contributed by atoms with E-state index in [4.69, 9.17) is 9.47 Å². The number of benzene rings is 1. The van der Waals surface area contributed by atoms with E-state index in [1.165, 1.54) is 0 Å². The number of methoxy groups -OCH3 is 1. The molecule has 0 saturated carbocycles. The fraction of sp³-hybridized carbons (Fsp3) is 0.500. The van der Waals surface area contributed by atoms with Crippen molar-refractivity contribution in [2.75, 3.05) is 40.4 Å². The molecular formula is C16H21ClN2O5. The standard InChI is InChI=1S/C16H20N2O5.ClH/c1-17-6-14(19)18-7-12-11-4-3-10(22-2)5-13(11)23-9-16(12,8-18)15(20)21;/h3-5,12,17H,6-9H2,1-2H3,(H,20,21);1H/t12-,16-;/m1./s1. The molecule has 2 heterocycles. The maximum Gasteiger partial charge on any atom is 0.315 e. The first-order valence-electron chi connectivity index (χ1n) is 7.48. The van der Waals surface area contributed by atoms with Crippen LogP contribution < -0.4 is 14.8 Å². The van der Waals surface area contributed by atoms with Gasteiger partial charge in [-0.25, -0.2) is 0 Å². The number of amides is 1. The van der Waals surface area contributed by atoms with Crippen molar-refractivity contribution in [3.63, 3.8) is 0 Å². The smallest absolute Gasteiger partial charge is 0.315 e. The number of carbonyl (C=O) groups excluding carboxylic acids is 1. The van der Waals surface area contributed by atoms with Gasteiger partial charge in [0.15, 0.2) is 0 Å². The molecule has 0 radical (unpaired) electrons. The molecule has 8 heteroatoms. The van der Waals surface area contributed by atoms with Crippen molar-refractivity contribution in [1.82, 2.24) is 10.2 Å². The van der Waals surface area contributed by atoms with E-state index >= 15 is 0 Å². The maximum absolute atomic E-state index is 12.2. The Balaban J connectivity index is 0.00000208. The second-order valence-corrected chi connectivity index (χ2v) is 6.01. The van der Waals surface area contributed by atoms with E-state index in [1.807, 2.05) is 6.07 Å². The zero-order valence-corrected chi connectivity index (χ0v) is 14.4. The predicted octanol–water partition coefficient (Wildman–Crippen LogP) is 0.726. The number of ether oxygens (including phenoxy) is 2. The molecule has 2 atom stereocenters. The average Bonchev–Trinajstić information content (AvgIpc) is 2.96. The van der Waals surface area contributed by atoms with Crippen LogP contribution in [0.3, 0.4) is 0 Å². The van der Waals surface area contributed by atoms with Crippen LogP contribution >= 0.6 is 12.4 Å². The molecule has 0 unspecified atom stereocenters. The van der Waals surface area contributed by atoms with E-state index in [0.29, 0.717) is 18.0 Å². The van der Waals surface area contributed by atoms with Crippen molar-refractivity contribution in [1.29, 1.82) is 0 Å². The molecule has 132 valence electrons. The molecule has 0 spiro atoms. The van der Waals surface area contributed by atoms with E-state index in [2.05, 4.69) is 5.32 Å². The zero-order valence-electron chi connectivity index (χ0n) is 13.6. The van der Waals surface area contributed by atoms with Crippen molar-refractivity contribution < 1.29 is 24.2 Å². The van der Waals surface area contributed by atoms with Gasteiger partial charge in [-0.3, -0.25) is 9.59 Å². The van der Waals surface area contributed by atoms with Crippen molar-refractivity contribution in [2.45, 2.75) is 5.92 Å². The summed E-state index contributed by atoms with van der Waals surface area (Å²) in [7, 11) is 3.26. The average molecular weight is 357 g/mol. The minimum atomic E-state index is -1.09. The maximum atomic E-state index is 12.2. The zero-order chi connectivity index (χ0) is 16.6. The van der Waals surface area contributed by atoms with Crippen LogP contribution in [0.4, 0.5) is 0 Å². The van der Waals surface area contributed by atoms with Gasteiger partial charge in [-0.15, -0.1) is 12.4 Å². The summed E-state index contributed by atoms with van der Waals surface area (Å²) in [6.07, 6.45) is 0. The van der Waals surface area contributed by atoms with E-state index in [-0.39, 0.29) is 43.9 Å². The monoisotopic (exact) mass is 356 g/mol. The second kappa shape index (κ2) is 6.86. The molecule has 1 saturated heterocycles. The minimum Gasteiger partial charge on any atom is -0.497 e. The summed E-state index contributed by atoms with van der Waals surface area (Å²) in [5.41, 5.74) is -0.274. The van der Waals surface area contributed by atoms with Gasteiger partial charge in [0.05, 0.1) is 13.7 Å². The first-order chi connectivity index (χ1) is 11.0. The lowest BCUT2D eigenvalue weighted by molar-refractivity contribution is -0.152. The highest BCUT2D eigenvalue weighted by Gasteiger charge is 2.57. The van der Waals surface area contributed by atoms with Crippen molar-refractivity contribution >= 4 is 24.3 Å². The number of carbonyl (C=O) groups is 2. The number of carboxylic acids is 1. The SMILES string of the molecule is CNCC(=O)N1C[C@@H]2c3ccc(OC)cc3OC[C@]2(C(=O)O)C1.Cl. The minimum absolute atomic E-state index is 0. The molecule has 24 heavy (non-hydrogen) atoms. The van der Waals surface area contributed by atoms with E-state index < -0.39 is 11.4 Å². The molecule has 1 amide bonds. The number of aliphatic carboxylic acids is 1. The predicted molar refractivity (Wildman–Crippen MR) is 89.1 cm³/mol.